The van der Waals surface area contributed by atoms with Crippen LogP contribution >= 0.6 is 23.8 Å². The lowest BCUT2D eigenvalue weighted by Crippen LogP contribution is -2.32. The molecule has 0 bridgehead atoms. The fourth-order valence-electron chi connectivity index (χ4n) is 1.29. The maximum absolute atomic E-state index is 11.5. The molecule has 102 valence electrons. The van der Waals surface area contributed by atoms with E-state index in [-0.39, 0.29) is 0 Å². The van der Waals surface area contributed by atoms with E-state index in [1.807, 2.05) is 0 Å². The zero-order chi connectivity index (χ0) is 14.5. The van der Waals surface area contributed by atoms with E-state index in [0.29, 0.717) is 17.3 Å². The number of alkyl carbamates (subject to hydrolysis) is 1. The van der Waals surface area contributed by atoms with Gasteiger partial charge in [-0.25, -0.2) is 4.79 Å². The molecule has 0 heterocycles. The smallest absolute Gasteiger partial charge is 0.407 e. The second kappa shape index (κ2) is 6.66. The van der Waals surface area contributed by atoms with Crippen LogP contribution in [-0.4, -0.2) is 16.9 Å². The molecule has 0 aromatic heterocycles. The van der Waals surface area contributed by atoms with E-state index in [1.54, 1.807) is 39.0 Å². The monoisotopic (exact) mass is 298 g/mol. The van der Waals surface area contributed by atoms with Gasteiger partial charge < -0.3 is 10.1 Å². The third-order valence-corrected chi connectivity index (χ3v) is 2.42. The number of isothiocyanates is 1. The number of carbonyl (C=O) groups excluding carboxylic acids is 1. The fourth-order valence-corrected chi connectivity index (χ4v) is 1.55. The standard InChI is InChI=1S/C13H15ClN2O2S/c1-13(2,3)18-12(17)15-7-9-4-5-10(14)11(6-9)16-8-19/h4-6H,7H2,1-3H3,(H,15,17). The van der Waals surface area contributed by atoms with Gasteiger partial charge in [-0.05, 0) is 50.7 Å². The van der Waals surface area contributed by atoms with Gasteiger partial charge >= 0.3 is 6.09 Å². The summed E-state index contributed by atoms with van der Waals surface area (Å²) in [7, 11) is 0. The summed E-state index contributed by atoms with van der Waals surface area (Å²) in [5.41, 5.74) is 0.857. The molecule has 0 unspecified atom stereocenters. The molecular weight excluding hydrogens is 284 g/mol. The summed E-state index contributed by atoms with van der Waals surface area (Å²) in [4.78, 5) is 15.3. The molecule has 6 heteroatoms. The van der Waals surface area contributed by atoms with Crippen LogP contribution in [0, 0.1) is 0 Å². The van der Waals surface area contributed by atoms with Crippen molar-refractivity contribution in [3.63, 3.8) is 0 Å². The largest absolute Gasteiger partial charge is 0.444 e. The van der Waals surface area contributed by atoms with Gasteiger partial charge in [-0.2, -0.15) is 4.99 Å². The van der Waals surface area contributed by atoms with E-state index in [0.717, 1.165) is 5.56 Å². The average Bonchev–Trinajstić information content (AvgIpc) is 2.28. The molecular formula is C13H15ClN2O2S. The normalized spacial score (nSPS) is 10.5. The van der Waals surface area contributed by atoms with Gasteiger partial charge in [-0.15, -0.1) is 0 Å². The van der Waals surface area contributed by atoms with Crippen molar-refractivity contribution in [2.75, 3.05) is 0 Å². The number of nitrogens with one attached hydrogen (secondary N) is 1. The molecule has 0 atom stereocenters. The van der Waals surface area contributed by atoms with Gasteiger partial charge in [0, 0.05) is 6.54 Å². The molecule has 0 aliphatic heterocycles. The number of hydrogen-bond donors (Lipinski definition) is 1. The molecule has 1 aromatic rings. The van der Waals surface area contributed by atoms with Crippen LogP contribution < -0.4 is 5.32 Å². The van der Waals surface area contributed by atoms with Gasteiger partial charge in [-0.3, -0.25) is 0 Å². The molecule has 0 fully saturated rings. The van der Waals surface area contributed by atoms with Crippen LogP contribution in [0.3, 0.4) is 0 Å². The highest BCUT2D eigenvalue weighted by molar-refractivity contribution is 7.78. The first-order valence-corrected chi connectivity index (χ1v) is 6.43. The van der Waals surface area contributed by atoms with Crippen LogP contribution in [-0.2, 0) is 11.3 Å². The summed E-state index contributed by atoms with van der Waals surface area (Å²) in [5, 5.41) is 5.40. The zero-order valence-electron chi connectivity index (χ0n) is 11.0. The Balaban J connectivity index is 2.66. The molecule has 1 aromatic carbocycles. The number of hydrogen-bond acceptors (Lipinski definition) is 4. The van der Waals surface area contributed by atoms with Crippen molar-refractivity contribution in [1.82, 2.24) is 5.32 Å². The summed E-state index contributed by atoms with van der Waals surface area (Å²) in [6, 6.07) is 5.22. The Morgan fingerprint density at radius 1 is 1.53 bits per heavy atom. The van der Waals surface area contributed by atoms with Crippen LogP contribution in [0.5, 0.6) is 0 Å². The first-order valence-electron chi connectivity index (χ1n) is 5.65. The molecule has 0 spiro atoms. The molecule has 4 nitrogen and oxygen atoms in total. The second-order valence-corrected chi connectivity index (χ2v) is 5.43. The Hall–Kier alpha value is -1.42. The number of ether oxygens (including phenoxy) is 1. The number of nitrogens with zero attached hydrogens (tertiary/aromatic N) is 1. The number of halogens is 1. The maximum Gasteiger partial charge on any atom is 0.407 e. The van der Waals surface area contributed by atoms with Crippen molar-refractivity contribution in [3.8, 4) is 0 Å². The Morgan fingerprint density at radius 3 is 2.79 bits per heavy atom. The highest BCUT2D eigenvalue weighted by Gasteiger charge is 2.15. The summed E-state index contributed by atoms with van der Waals surface area (Å²) in [5.74, 6) is 0. The number of aliphatic imine (C=N–C) groups is 1. The molecule has 0 saturated carbocycles. The Kier molecular flexibility index (Phi) is 5.48. The van der Waals surface area contributed by atoms with Gasteiger partial charge in [0.05, 0.1) is 15.9 Å². The van der Waals surface area contributed by atoms with Crippen LogP contribution in [0.1, 0.15) is 26.3 Å². The lowest BCUT2D eigenvalue weighted by Gasteiger charge is -2.19. The van der Waals surface area contributed by atoms with Gasteiger partial charge in [0.1, 0.15) is 5.60 Å². The fraction of sp³-hybridized carbons (Fsp3) is 0.385. The van der Waals surface area contributed by atoms with Crippen molar-refractivity contribution < 1.29 is 9.53 Å². The number of thiocarbonyl (C=S) groups is 1. The summed E-state index contributed by atoms with van der Waals surface area (Å²) >= 11 is 10.5. The van der Waals surface area contributed by atoms with Crippen LogP contribution in [0.4, 0.5) is 10.5 Å². The van der Waals surface area contributed by atoms with Crippen molar-refractivity contribution in [2.24, 2.45) is 4.99 Å². The summed E-state index contributed by atoms with van der Waals surface area (Å²) in [6.45, 7) is 5.75. The van der Waals surface area contributed by atoms with E-state index in [1.165, 1.54) is 0 Å². The van der Waals surface area contributed by atoms with E-state index in [9.17, 15) is 4.79 Å². The molecule has 1 amide bonds. The SMILES string of the molecule is CC(C)(C)OC(=O)NCc1ccc(Cl)c(N=C=S)c1. The van der Waals surface area contributed by atoms with Crippen molar-refractivity contribution in [1.29, 1.82) is 0 Å². The van der Waals surface area contributed by atoms with E-state index in [2.05, 4.69) is 27.7 Å². The second-order valence-electron chi connectivity index (χ2n) is 4.84. The van der Waals surface area contributed by atoms with Crippen molar-refractivity contribution >= 4 is 40.8 Å². The minimum Gasteiger partial charge on any atom is -0.444 e. The third kappa shape index (κ3) is 5.83. The first-order chi connectivity index (χ1) is 8.81. The van der Waals surface area contributed by atoms with E-state index >= 15 is 0 Å². The predicted molar refractivity (Wildman–Crippen MR) is 79.2 cm³/mol. The lowest BCUT2D eigenvalue weighted by molar-refractivity contribution is 0.0523. The summed E-state index contributed by atoms with van der Waals surface area (Å²) < 4.78 is 5.13. The number of amides is 1. The number of benzene rings is 1. The Bertz CT molecular complexity index is 520. The minimum atomic E-state index is -0.517. The molecule has 0 aliphatic rings. The zero-order valence-corrected chi connectivity index (χ0v) is 12.6. The lowest BCUT2D eigenvalue weighted by atomic mass is 10.2. The van der Waals surface area contributed by atoms with E-state index < -0.39 is 11.7 Å². The predicted octanol–water partition coefficient (Wildman–Crippen LogP) is 4.10. The molecule has 1 rings (SSSR count). The quantitative estimate of drug-likeness (QED) is 0.675. The van der Waals surface area contributed by atoms with Gasteiger partial charge in [0.15, 0.2) is 0 Å². The van der Waals surface area contributed by atoms with Crippen molar-refractivity contribution in [3.05, 3.63) is 28.8 Å². The van der Waals surface area contributed by atoms with Crippen LogP contribution in [0.15, 0.2) is 23.2 Å². The average molecular weight is 299 g/mol. The number of rotatable bonds is 3. The Morgan fingerprint density at radius 2 is 2.21 bits per heavy atom. The molecule has 0 radical (unpaired) electrons. The van der Waals surface area contributed by atoms with Crippen LogP contribution in [0.25, 0.3) is 0 Å². The highest BCUT2D eigenvalue weighted by atomic mass is 35.5. The maximum atomic E-state index is 11.5. The van der Waals surface area contributed by atoms with Crippen molar-refractivity contribution in [2.45, 2.75) is 32.9 Å². The molecule has 19 heavy (non-hydrogen) atoms. The van der Waals surface area contributed by atoms with Gasteiger partial charge in [-0.1, -0.05) is 17.7 Å². The van der Waals surface area contributed by atoms with Gasteiger partial charge in [0.2, 0.25) is 0 Å². The van der Waals surface area contributed by atoms with Crippen LogP contribution in [0.2, 0.25) is 5.02 Å². The first kappa shape index (κ1) is 15.6. The third-order valence-electron chi connectivity index (χ3n) is 2.01. The van der Waals surface area contributed by atoms with E-state index in [4.69, 9.17) is 16.3 Å². The van der Waals surface area contributed by atoms with Gasteiger partial charge in [0.25, 0.3) is 0 Å². The highest BCUT2D eigenvalue weighted by Crippen LogP contribution is 2.25. The molecule has 1 N–H and O–H groups in total. The minimum absolute atomic E-state index is 0.325. The topological polar surface area (TPSA) is 50.7 Å². The molecule has 0 saturated heterocycles. The molecule has 0 aliphatic carbocycles. The summed E-state index contributed by atoms with van der Waals surface area (Å²) in [6.07, 6.45) is -0.470. The Labute approximate surface area is 122 Å². The number of carbonyl (C=O) groups is 1.